The van der Waals surface area contributed by atoms with Crippen LogP contribution >= 0.6 is 0 Å². The molecule has 1 saturated heterocycles. The first-order valence-corrected chi connectivity index (χ1v) is 14.0. The Morgan fingerprint density at radius 1 is 0.897 bits per heavy atom. The van der Waals surface area contributed by atoms with Gasteiger partial charge in [0.15, 0.2) is 0 Å². The molecule has 0 saturated carbocycles. The number of benzene rings is 3. The van der Waals surface area contributed by atoms with Gasteiger partial charge in [-0.1, -0.05) is 66.7 Å². The highest BCUT2D eigenvalue weighted by molar-refractivity contribution is 5.91. The summed E-state index contributed by atoms with van der Waals surface area (Å²) in [6.07, 6.45) is 5.66. The minimum Gasteiger partial charge on any atom is -0.456 e. The molecule has 1 aliphatic carbocycles. The van der Waals surface area contributed by atoms with Gasteiger partial charge in [-0.2, -0.15) is 0 Å². The molecule has 3 aromatic carbocycles. The fourth-order valence-electron chi connectivity index (χ4n) is 6.38. The Morgan fingerprint density at radius 3 is 2.26 bits per heavy atom. The molecule has 5 heteroatoms. The highest BCUT2D eigenvalue weighted by atomic mass is 16.6. The van der Waals surface area contributed by atoms with Crippen LogP contribution in [0.4, 0.5) is 4.79 Å². The smallest absolute Gasteiger partial charge is 0.410 e. The van der Waals surface area contributed by atoms with Gasteiger partial charge < -0.3 is 9.47 Å². The summed E-state index contributed by atoms with van der Waals surface area (Å²) in [4.78, 5) is 28.1. The molecule has 0 spiro atoms. The summed E-state index contributed by atoms with van der Waals surface area (Å²) in [5.41, 5.74) is 7.09. The van der Waals surface area contributed by atoms with Gasteiger partial charge in [0.25, 0.3) is 0 Å². The molecule has 6 rings (SSSR count). The zero-order chi connectivity index (χ0) is 27.1. The maximum Gasteiger partial charge on any atom is 0.410 e. The molecule has 0 aromatic heterocycles. The minimum atomic E-state index is -0.544. The third-order valence-corrected chi connectivity index (χ3v) is 8.05. The molecule has 2 atom stereocenters. The molecule has 1 amide bonds. The highest BCUT2D eigenvalue weighted by Crippen LogP contribution is 2.45. The van der Waals surface area contributed by atoms with Gasteiger partial charge >= 0.3 is 12.1 Å². The van der Waals surface area contributed by atoms with Gasteiger partial charge in [0.05, 0.1) is 11.6 Å². The summed E-state index contributed by atoms with van der Waals surface area (Å²) >= 11 is 0. The molecule has 2 bridgehead atoms. The number of hydrogen-bond donors (Lipinski definition) is 0. The van der Waals surface area contributed by atoms with Crippen LogP contribution in [0.5, 0.6) is 0 Å². The minimum absolute atomic E-state index is 0.00617. The van der Waals surface area contributed by atoms with E-state index in [9.17, 15) is 9.59 Å². The van der Waals surface area contributed by atoms with Crippen molar-refractivity contribution in [3.8, 4) is 11.1 Å². The number of carbonyl (C=O) groups is 2. The first-order valence-electron chi connectivity index (χ1n) is 14.0. The van der Waals surface area contributed by atoms with Crippen molar-refractivity contribution in [1.29, 1.82) is 0 Å². The molecule has 1 fully saturated rings. The number of carbonyl (C=O) groups excluding carboxylic acids is 2. The molecule has 200 valence electrons. The number of esters is 1. The molecular formula is C34H35NO4. The van der Waals surface area contributed by atoms with Crippen molar-refractivity contribution in [2.45, 2.75) is 70.1 Å². The number of nitrogens with zero attached hydrogens (tertiary/aromatic N) is 1. The number of ether oxygens (including phenoxy) is 2. The summed E-state index contributed by atoms with van der Waals surface area (Å²) < 4.78 is 11.6. The lowest BCUT2D eigenvalue weighted by Crippen LogP contribution is -2.51. The van der Waals surface area contributed by atoms with Crippen LogP contribution in [-0.2, 0) is 9.47 Å². The van der Waals surface area contributed by atoms with Crippen molar-refractivity contribution in [3.05, 3.63) is 101 Å². The van der Waals surface area contributed by atoms with E-state index in [1.54, 1.807) is 6.07 Å². The Hall–Kier alpha value is -3.86. The van der Waals surface area contributed by atoms with E-state index >= 15 is 0 Å². The largest absolute Gasteiger partial charge is 0.456 e. The predicted octanol–water partition coefficient (Wildman–Crippen LogP) is 7.60. The molecule has 0 N–H and O–H groups in total. The van der Waals surface area contributed by atoms with Crippen LogP contribution in [0.15, 0.2) is 78.9 Å². The zero-order valence-electron chi connectivity index (χ0n) is 22.9. The average molecular weight is 522 g/mol. The second kappa shape index (κ2) is 10.0. The highest BCUT2D eigenvalue weighted by Gasteiger charge is 2.39. The van der Waals surface area contributed by atoms with Crippen LogP contribution in [0.2, 0.25) is 0 Å². The summed E-state index contributed by atoms with van der Waals surface area (Å²) in [5, 5.41) is 0. The fraction of sp³-hybridized carbons (Fsp3) is 0.353. The van der Waals surface area contributed by atoms with Crippen molar-refractivity contribution in [2.75, 3.05) is 6.61 Å². The van der Waals surface area contributed by atoms with Gasteiger partial charge in [-0.05, 0) is 92.0 Å². The SMILES string of the molecule is CC(C)(C)OC(=O)c1cccc(C2=CC3CCCC(C2)N3C(=O)OCC2c3ccccc3-c3ccccc32)c1. The third kappa shape index (κ3) is 4.98. The molecule has 3 aromatic rings. The average Bonchev–Trinajstić information content (AvgIpc) is 3.24. The number of piperidine rings is 1. The monoisotopic (exact) mass is 521 g/mol. The van der Waals surface area contributed by atoms with Gasteiger partial charge in [0.2, 0.25) is 0 Å². The van der Waals surface area contributed by atoms with Gasteiger partial charge in [0, 0.05) is 12.0 Å². The lowest BCUT2D eigenvalue weighted by molar-refractivity contribution is 0.00693. The van der Waals surface area contributed by atoms with E-state index in [-0.39, 0.29) is 30.1 Å². The van der Waals surface area contributed by atoms with Gasteiger partial charge in [-0.25, -0.2) is 9.59 Å². The molecule has 39 heavy (non-hydrogen) atoms. The molecule has 2 unspecified atom stereocenters. The van der Waals surface area contributed by atoms with E-state index in [1.165, 1.54) is 27.8 Å². The van der Waals surface area contributed by atoms with Crippen LogP contribution in [0.1, 0.15) is 79.4 Å². The van der Waals surface area contributed by atoms with Crippen molar-refractivity contribution in [1.82, 2.24) is 4.90 Å². The van der Waals surface area contributed by atoms with Gasteiger partial charge in [0.1, 0.15) is 12.2 Å². The van der Waals surface area contributed by atoms with E-state index in [2.05, 4.69) is 54.6 Å². The maximum atomic E-state index is 13.5. The fourth-order valence-corrected chi connectivity index (χ4v) is 6.38. The zero-order valence-corrected chi connectivity index (χ0v) is 22.9. The van der Waals surface area contributed by atoms with Crippen LogP contribution in [0, 0.1) is 0 Å². The van der Waals surface area contributed by atoms with Gasteiger partial charge in [-0.3, -0.25) is 4.90 Å². The summed E-state index contributed by atoms with van der Waals surface area (Å²) in [7, 11) is 0. The lowest BCUT2D eigenvalue weighted by Gasteiger charge is -2.44. The Balaban J connectivity index is 1.19. The number of fused-ring (bicyclic) bond motifs is 5. The number of amides is 1. The number of rotatable bonds is 4. The van der Waals surface area contributed by atoms with E-state index < -0.39 is 5.60 Å². The van der Waals surface area contributed by atoms with Crippen LogP contribution in [-0.4, -0.2) is 41.3 Å². The van der Waals surface area contributed by atoms with E-state index in [4.69, 9.17) is 9.47 Å². The van der Waals surface area contributed by atoms with Crippen LogP contribution < -0.4 is 0 Å². The standard InChI is InChI=1S/C34H35NO4/c1-34(2,3)39-32(36)23-11-8-10-22(18-23)24-19-25-12-9-13-26(20-24)35(25)33(37)38-21-31-29-16-6-4-14-27(29)28-15-5-7-17-30(28)31/h4-8,10-11,14-19,25-26,31H,9,12-13,20-21H2,1-3H3. The van der Waals surface area contributed by atoms with Crippen molar-refractivity contribution in [3.63, 3.8) is 0 Å². The molecule has 2 heterocycles. The first kappa shape index (κ1) is 25.4. The Labute approximate surface area is 230 Å². The van der Waals surface area contributed by atoms with Crippen molar-refractivity contribution < 1.29 is 19.1 Å². The normalized spacial score (nSPS) is 20.1. The summed E-state index contributed by atoms with van der Waals surface area (Å²) in [6.45, 7) is 5.95. The molecule has 5 nitrogen and oxygen atoms in total. The Kier molecular flexibility index (Phi) is 6.54. The van der Waals surface area contributed by atoms with Crippen molar-refractivity contribution in [2.24, 2.45) is 0 Å². The second-order valence-electron chi connectivity index (χ2n) is 11.8. The number of hydrogen-bond acceptors (Lipinski definition) is 4. The van der Waals surface area contributed by atoms with Gasteiger partial charge in [-0.15, -0.1) is 0 Å². The predicted molar refractivity (Wildman–Crippen MR) is 153 cm³/mol. The maximum absolute atomic E-state index is 13.5. The summed E-state index contributed by atoms with van der Waals surface area (Å²) in [6, 6.07) is 24.6. The first-order chi connectivity index (χ1) is 18.8. The molecule has 2 aliphatic heterocycles. The lowest BCUT2D eigenvalue weighted by atomic mass is 9.83. The topological polar surface area (TPSA) is 55.8 Å². The van der Waals surface area contributed by atoms with E-state index in [0.29, 0.717) is 12.2 Å². The second-order valence-corrected chi connectivity index (χ2v) is 11.8. The van der Waals surface area contributed by atoms with E-state index in [1.807, 2.05) is 43.9 Å². The molecule has 0 radical (unpaired) electrons. The van der Waals surface area contributed by atoms with Crippen molar-refractivity contribution >= 4 is 17.6 Å². The Morgan fingerprint density at radius 2 is 1.59 bits per heavy atom. The third-order valence-electron chi connectivity index (χ3n) is 8.05. The molecule has 3 aliphatic rings. The van der Waals surface area contributed by atoms with Crippen LogP contribution in [0.25, 0.3) is 16.7 Å². The Bertz CT molecular complexity index is 1400. The quantitative estimate of drug-likeness (QED) is 0.332. The van der Waals surface area contributed by atoms with Crippen LogP contribution in [0.3, 0.4) is 0 Å². The summed E-state index contributed by atoms with van der Waals surface area (Å²) in [5.74, 6) is -0.270. The van der Waals surface area contributed by atoms with E-state index in [0.717, 1.165) is 31.2 Å². The molecular weight excluding hydrogens is 486 g/mol.